The average Bonchev–Trinajstić information content (AvgIpc) is 1.54. The van der Waals surface area contributed by atoms with E-state index >= 15 is 19.2 Å². The minimum absolute atomic E-state index is 0.0282. The summed E-state index contributed by atoms with van der Waals surface area (Å²) in [6, 6.07) is 20.0. The summed E-state index contributed by atoms with van der Waals surface area (Å²) < 4.78 is 51.6. The van der Waals surface area contributed by atoms with Crippen LogP contribution in [0.5, 0.6) is 34.5 Å². The van der Waals surface area contributed by atoms with E-state index in [0.717, 1.165) is 61.0 Å². The molecule has 4 aliphatic carbocycles. The number of carbonyl (C=O) groups is 6. The molecule has 30 heteroatoms. The van der Waals surface area contributed by atoms with Crippen LogP contribution >= 0.6 is 0 Å². The number of likely N-dealkylation sites (N-methyl/N-ethyl adjacent to an activating group) is 4. The summed E-state index contributed by atoms with van der Waals surface area (Å²) in [6.07, 6.45) is 9.52. The highest BCUT2D eigenvalue weighted by Gasteiger charge is 2.72. The molecule has 4 amide bonds. The van der Waals surface area contributed by atoms with Gasteiger partial charge in [0, 0.05) is 99.2 Å². The maximum atomic E-state index is 15.6. The molecule has 6 aliphatic heterocycles. The Morgan fingerprint density at radius 3 is 1.31 bits per heavy atom. The van der Waals surface area contributed by atoms with Crippen molar-refractivity contribution in [3.8, 4) is 34.5 Å². The molecule has 121 heavy (non-hydrogen) atoms. The zero-order valence-corrected chi connectivity index (χ0v) is 72.8. The minimum atomic E-state index is -0.962. The third-order valence-corrected chi connectivity index (χ3v) is 29.0. The Hall–Kier alpha value is -9.40. The minimum Gasteiger partial charge on any atom is -0.493 e. The van der Waals surface area contributed by atoms with Crippen molar-refractivity contribution in [1.82, 2.24) is 49.8 Å². The lowest BCUT2D eigenvalue weighted by Gasteiger charge is -2.63. The van der Waals surface area contributed by atoms with Crippen LogP contribution < -0.4 is 62.0 Å². The summed E-state index contributed by atoms with van der Waals surface area (Å²) in [5.41, 5.74) is 26.5. The van der Waals surface area contributed by atoms with Crippen LogP contribution in [0.25, 0.3) is 0 Å². The van der Waals surface area contributed by atoms with E-state index in [-0.39, 0.29) is 85.4 Å². The number of nitrogens with one attached hydrogen (secondary N) is 4. The van der Waals surface area contributed by atoms with Gasteiger partial charge in [-0.05, 0) is 243 Å². The second-order valence-corrected chi connectivity index (χ2v) is 37.4. The second-order valence-electron chi connectivity index (χ2n) is 37.4. The summed E-state index contributed by atoms with van der Waals surface area (Å²) in [7, 11) is 11.4. The predicted octanol–water partition coefficient (Wildman–Crippen LogP) is 7.02. The first-order valence-corrected chi connectivity index (χ1v) is 43.3. The monoisotopic (exact) mass is 1670 g/mol. The van der Waals surface area contributed by atoms with E-state index in [9.17, 15) is 9.59 Å². The van der Waals surface area contributed by atoms with E-state index < -0.39 is 82.2 Å². The number of rotatable bonds is 34. The van der Waals surface area contributed by atoms with E-state index in [1.54, 1.807) is 72.6 Å². The molecule has 6 heterocycles. The third kappa shape index (κ3) is 16.8. The summed E-state index contributed by atoms with van der Waals surface area (Å²) in [6.45, 7) is 17.4. The topological polar surface area (TPSA) is 378 Å². The number of amidine groups is 2. The first-order valence-electron chi connectivity index (χ1n) is 43.3. The number of hydrogen-bond donors (Lipinski definition) is 8. The zero-order valence-electron chi connectivity index (χ0n) is 72.8. The quantitative estimate of drug-likeness (QED) is 0.0101. The lowest BCUT2D eigenvalue weighted by molar-refractivity contribution is -0.145. The highest BCUT2D eigenvalue weighted by atomic mass is 16.6. The first kappa shape index (κ1) is 87.9. The van der Waals surface area contributed by atoms with Gasteiger partial charge in [-0.1, -0.05) is 50.2 Å². The maximum Gasteiger partial charge on any atom is 0.415 e. The van der Waals surface area contributed by atoms with E-state index in [4.69, 9.17) is 71.6 Å². The van der Waals surface area contributed by atoms with Crippen LogP contribution in [0.4, 0.5) is 9.59 Å². The van der Waals surface area contributed by atoms with E-state index in [1.807, 2.05) is 63.7 Å². The largest absolute Gasteiger partial charge is 0.493 e. The number of piperidine rings is 2. The summed E-state index contributed by atoms with van der Waals surface area (Å²) in [5.74, 6) is 2.98. The van der Waals surface area contributed by atoms with Gasteiger partial charge in [-0.25, -0.2) is 9.59 Å². The van der Waals surface area contributed by atoms with Crippen LogP contribution in [0.3, 0.4) is 0 Å². The number of benzene rings is 4. The number of nitrogens with zero attached hydrogens (tertiary/aromatic N) is 8. The van der Waals surface area contributed by atoms with Gasteiger partial charge < -0.3 is 91.1 Å². The van der Waals surface area contributed by atoms with Crippen molar-refractivity contribution in [2.24, 2.45) is 44.6 Å². The molecule has 12 atom stereocenters. The third-order valence-electron chi connectivity index (χ3n) is 29.0. The van der Waals surface area contributed by atoms with Crippen LogP contribution in [-0.2, 0) is 65.2 Å². The van der Waals surface area contributed by atoms with Crippen molar-refractivity contribution in [2.75, 3.05) is 141 Å². The van der Waals surface area contributed by atoms with Crippen LogP contribution in [0.15, 0.2) is 96.5 Å². The Morgan fingerprint density at radius 2 is 0.950 bits per heavy atom. The molecule has 4 aromatic carbocycles. The SMILES string of the molecule is COc1ccc2c3c1OC1C(OC(=O)N4CCN(CN5CCN(C(=O)OC6=CC[C@@]7(C)[C@H]8Cc9ccc(OC)c%10c9[C@@]7(CCN8C)[C@H]6O%10)C(CNC(=O)[C@@H](CCCN)N(C)CCC(C)(C)C(=O)Oc6ccc(CC(=N)N)cc6)C5)CC4CNC(=O)[C@H](CCCN)N(C)CCC(C)(C)C(=O)Oc4ccc(CC(=N)N)cc4)=CC[C@@]4(C)[C@@H](C2)N(C)CC[C@]314. The Bertz CT molecular complexity index is 4350. The predicted molar refractivity (Wildman–Crippen MR) is 459 cm³/mol. The summed E-state index contributed by atoms with van der Waals surface area (Å²) in [5, 5.41) is 22.0. The molecule has 4 saturated heterocycles. The first-order chi connectivity index (χ1) is 57.7. The molecule has 0 saturated carbocycles. The molecule has 0 aromatic heterocycles. The van der Waals surface area contributed by atoms with Gasteiger partial charge in [-0.15, -0.1) is 0 Å². The normalized spacial score (nSPS) is 26.4. The molecule has 656 valence electrons. The lowest BCUT2D eigenvalue weighted by atomic mass is 9.45. The van der Waals surface area contributed by atoms with Crippen molar-refractivity contribution in [1.29, 1.82) is 10.8 Å². The van der Waals surface area contributed by atoms with Gasteiger partial charge in [0.25, 0.3) is 0 Å². The van der Waals surface area contributed by atoms with Crippen LogP contribution in [0.2, 0.25) is 0 Å². The molecular formula is C91H128N16O14. The van der Waals surface area contributed by atoms with Gasteiger partial charge in [-0.2, -0.15) is 0 Å². The number of ether oxygens (including phenoxy) is 8. The number of likely N-dealkylation sites (tertiary alicyclic amines) is 2. The number of methoxy groups -OCH3 is 2. The Labute approximate surface area is 711 Å². The van der Waals surface area contributed by atoms with Gasteiger partial charge in [0.2, 0.25) is 11.8 Å². The van der Waals surface area contributed by atoms with Crippen LogP contribution in [0, 0.1) is 32.5 Å². The smallest absolute Gasteiger partial charge is 0.415 e. The fourth-order valence-corrected chi connectivity index (χ4v) is 21.7. The number of nitrogens with two attached hydrogens (primary N) is 4. The van der Waals surface area contributed by atoms with Crippen molar-refractivity contribution < 1.29 is 66.7 Å². The van der Waals surface area contributed by atoms with E-state index in [1.165, 1.54) is 11.1 Å². The number of carbonyl (C=O) groups excluding carboxylic acids is 6. The van der Waals surface area contributed by atoms with Gasteiger partial charge in [0.15, 0.2) is 35.2 Å². The highest BCUT2D eigenvalue weighted by molar-refractivity contribution is 5.84. The van der Waals surface area contributed by atoms with Crippen LogP contribution in [-0.4, -0.2) is 276 Å². The molecular weight excluding hydrogens is 1540 g/mol. The maximum absolute atomic E-state index is 15.6. The molecule has 3 unspecified atom stereocenters. The van der Waals surface area contributed by atoms with E-state index in [2.05, 4.69) is 82.5 Å². The number of amides is 4. The molecule has 0 radical (unpaired) electrons. The number of piperazine rings is 2. The Morgan fingerprint density at radius 1 is 0.562 bits per heavy atom. The molecule has 14 rings (SSSR count). The van der Waals surface area contributed by atoms with Gasteiger partial charge >= 0.3 is 24.1 Å². The molecule has 4 bridgehead atoms. The van der Waals surface area contributed by atoms with Crippen molar-refractivity contribution >= 4 is 47.6 Å². The molecule has 4 fully saturated rings. The van der Waals surface area contributed by atoms with Gasteiger partial charge in [-0.3, -0.25) is 49.6 Å². The highest BCUT2D eigenvalue weighted by Crippen LogP contribution is 2.71. The number of esters is 2. The second kappa shape index (κ2) is 35.4. The van der Waals surface area contributed by atoms with Crippen molar-refractivity contribution in [2.45, 2.75) is 191 Å². The summed E-state index contributed by atoms with van der Waals surface area (Å²) in [4.78, 5) is 106. The van der Waals surface area contributed by atoms with Crippen LogP contribution in [0.1, 0.15) is 139 Å². The number of allylic oxidation sites excluding steroid dienone is 2. The number of hydrogen-bond acceptors (Lipinski definition) is 24. The van der Waals surface area contributed by atoms with Gasteiger partial charge in [0.05, 0.1) is 78.4 Å². The molecule has 30 nitrogen and oxygen atoms in total. The van der Waals surface area contributed by atoms with E-state index in [0.29, 0.717) is 156 Å². The molecule has 2 spiro atoms. The molecule has 4 aromatic rings. The van der Waals surface area contributed by atoms with Crippen molar-refractivity contribution in [3.63, 3.8) is 0 Å². The van der Waals surface area contributed by atoms with Gasteiger partial charge in [0.1, 0.15) is 23.0 Å². The fraction of sp³-hybridized carbons (Fsp3) is 0.604. The summed E-state index contributed by atoms with van der Waals surface area (Å²) >= 11 is 0. The Balaban J connectivity index is 0.714. The Kier molecular flexibility index (Phi) is 25.8. The zero-order chi connectivity index (χ0) is 86.4. The van der Waals surface area contributed by atoms with Crippen molar-refractivity contribution in [3.05, 3.63) is 130 Å². The lowest BCUT2D eigenvalue weighted by Crippen LogP contribution is -2.69. The fourth-order valence-electron chi connectivity index (χ4n) is 21.7. The average molecular weight is 1670 g/mol. The standard InChI is InChI=1S/C91H128N16O14/c1-86(2,82(110)116-62-23-17-56(18-24-62)47-72(94)95)33-39-100(7)64(15-13-37-92)80(108)98-51-60-53-104(43-45-106(60)84(112)118-68-29-31-88(5)70-49-58-21-27-66(114-11)76-74(58)90(88,78(68)120-76)35-41-102(70)9)55-105-44-46-107(85(113)119-69-30-32-89(6)71-50-59-22-28-67(115-12)77-75(59)91(89,79(69)121-77)36-42-103(71)10)61(54-105)52-99-81(109)65(16-14-38-93)101(8)40-34-87(3,4)83(111)117-63-25-19-57(20-26-63)48-73(96)97/h17-30,60-61,64-65,70-71,78-79H,13-16,31-55,92-93H2,1-12H3,(H3,94,95)(H3,96,97)(H,98,108)(H,99,109)/t60?,61?,64-,65+,70-,71-,78+,79?,88+,89+,90+,91+/m1/s1. The molecule has 12 N–H and O–H groups in total. The molecule has 10 aliphatic rings.